The molecule has 0 aromatic heterocycles. The second-order valence-electron chi connectivity index (χ2n) is 5.29. The predicted octanol–water partition coefficient (Wildman–Crippen LogP) is 1.27. The number of carbonyl (C=O) groups excluding carboxylic acids is 1. The topological polar surface area (TPSA) is 35.6 Å². The standard InChI is InChI=1S/C13H27N3O/c1-6-8-11-13(17)16(12(7-2)14-11)10(3)9-15(4)5/h10-12,14H,6-9H2,1-5H3. The third-order valence-electron chi connectivity index (χ3n) is 3.35. The van der Waals surface area contributed by atoms with Crippen molar-refractivity contribution < 1.29 is 4.79 Å². The van der Waals surface area contributed by atoms with Crippen LogP contribution in [0.15, 0.2) is 0 Å². The van der Waals surface area contributed by atoms with E-state index in [4.69, 9.17) is 0 Å². The zero-order valence-electron chi connectivity index (χ0n) is 11.9. The lowest BCUT2D eigenvalue weighted by molar-refractivity contribution is -0.132. The Morgan fingerprint density at radius 1 is 1.41 bits per heavy atom. The van der Waals surface area contributed by atoms with Crippen molar-refractivity contribution in [2.24, 2.45) is 0 Å². The van der Waals surface area contributed by atoms with Gasteiger partial charge >= 0.3 is 0 Å². The first-order valence-corrected chi connectivity index (χ1v) is 6.74. The molecule has 3 atom stereocenters. The van der Waals surface area contributed by atoms with Gasteiger partial charge in [0.2, 0.25) is 5.91 Å². The largest absolute Gasteiger partial charge is 0.322 e. The summed E-state index contributed by atoms with van der Waals surface area (Å²) in [5.74, 6) is 0.285. The molecule has 1 aliphatic heterocycles. The molecule has 4 nitrogen and oxygen atoms in total. The highest BCUT2D eigenvalue weighted by Gasteiger charge is 2.39. The first-order valence-electron chi connectivity index (χ1n) is 6.74. The molecule has 3 unspecified atom stereocenters. The van der Waals surface area contributed by atoms with Gasteiger partial charge in [-0.2, -0.15) is 0 Å². The molecule has 1 heterocycles. The van der Waals surface area contributed by atoms with E-state index in [-0.39, 0.29) is 24.2 Å². The molecule has 0 spiro atoms. The first kappa shape index (κ1) is 14.5. The molecule has 100 valence electrons. The number of hydrogen-bond acceptors (Lipinski definition) is 3. The van der Waals surface area contributed by atoms with Crippen molar-refractivity contribution in [1.82, 2.24) is 15.1 Å². The Hall–Kier alpha value is -0.610. The molecular weight excluding hydrogens is 214 g/mol. The van der Waals surface area contributed by atoms with E-state index in [1.807, 2.05) is 4.90 Å². The lowest BCUT2D eigenvalue weighted by Gasteiger charge is -2.31. The Bertz CT molecular complexity index is 255. The van der Waals surface area contributed by atoms with Gasteiger partial charge in [0.05, 0.1) is 12.2 Å². The van der Waals surface area contributed by atoms with Gasteiger partial charge in [0.1, 0.15) is 0 Å². The minimum atomic E-state index is 0.0366. The van der Waals surface area contributed by atoms with E-state index < -0.39 is 0 Å². The summed E-state index contributed by atoms with van der Waals surface area (Å²) < 4.78 is 0. The summed E-state index contributed by atoms with van der Waals surface area (Å²) in [7, 11) is 4.10. The molecule has 1 aliphatic rings. The third-order valence-corrected chi connectivity index (χ3v) is 3.35. The Balaban J connectivity index is 2.70. The number of amides is 1. The summed E-state index contributed by atoms with van der Waals surface area (Å²) in [6.45, 7) is 7.32. The van der Waals surface area contributed by atoms with Crippen molar-refractivity contribution in [2.45, 2.75) is 58.3 Å². The zero-order valence-corrected chi connectivity index (χ0v) is 11.9. The number of nitrogens with one attached hydrogen (secondary N) is 1. The van der Waals surface area contributed by atoms with Crippen LogP contribution in [0.3, 0.4) is 0 Å². The Kier molecular flexibility index (Phi) is 5.40. The maximum absolute atomic E-state index is 12.3. The van der Waals surface area contributed by atoms with Crippen LogP contribution in [-0.2, 0) is 4.79 Å². The van der Waals surface area contributed by atoms with Crippen LogP contribution >= 0.6 is 0 Å². The van der Waals surface area contributed by atoms with Crippen molar-refractivity contribution >= 4 is 5.91 Å². The lowest BCUT2D eigenvalue weighted by atomic mass is 10.1. The van der Waals surface area contributed by atoms with E-state index in [0.29, 0.717) is 0 Å². The van der Waals surface area contributed by atoms with Gasteiger partial charge in [-0.15, -0.1) is 0 Å². The molecule has 1 rings (SSSR count). The molecule has 1 amide bonds. The zero-order chi connectivity index (χ0) is 13.0. The third kappa shape index (κ3) is 3.42. The molecule has 4 heteroatoms. The number of nitrogens with zero attached hydrogens (tertiary/aromatic N) is 2. The van der Waals surface area contributed by atoms with Crippen LogP contribution in [0.5, 0.6) is 0 Å². The monoisotopic (exact) mass is 241 g/mol. The highest BCUT2D eigenvalue weighted by molar-refractivity contribution is 5.84. The number of carbonyl (C=O) groups is 1. The summed E-state index contributed by atoms with van der Waals surface area (Å²) in [4.78, 5) is 16.5. The SMILES string of the molecule is CCCC1NC(CC)N(C(C)CN(C)C)C1=O. The van der Waals surface area contributed by atoms with E-state index >= 15 is 0 Å². The van der Waals surface area contributed by atoms with Gasteiger partial charge in [-0.1, -0.05) is 20.3 Å². The van der Waals surface area contributed by atoms with Gasteiger partial charge in [-0.25, -0.2) is 0 Å². The highest BCUT2D eigenvalue weighted by Crippen LogP contribution is 2.19. The minimum absolute atomic E-state index is 0.0366. The van der Waals surface area contributed by atoms with Crippen molar-refractivity contribution in [3.05, 3.63) is 0 Å². The Labute approximate surface area is 105 Å². The lowest BCUT2D eigenvalue weighted by Crippen LogP contribution is -2.47. The molecule has 0 saturated carbocycles. The predicted molar refractivity (Wildman–Crippen MR) is 70.8 cm³/mol. The molecular formula is C13H27N3O. The van der Waals surface area contributed by atoms with E-state index in [0.717, 1.165) is 25.8 Å². The smallest absolute Gasteiger partial charge is 0.241 e. The van der Waals surface area contributed by atoms with E-state index in [1.54, 1.807) is 0 Å². The van der Waals surface area contributed by atoms with Gasteiger partial charge in [-0.3, -0.25) is 10.1 Å². The Morgan fingerprint density at radius 3 is 2.53 bits per heavy atom. The fourth-order valence-electron chi connectivity index (χ4n) is 2.67. The van der Waals surface area contributed by atoms with Gasteiger partial charge < -0.3 is 9.80 Å². The maximum atomic E-state index is 12.3. The van der Waals surface area contributed by atoms with Crippen LogP contribution in [0.1, 0.15) is 40.0 Å². The molecule has 0 aromatic carbocycles. The summed E-state index contributed by atoms with van der Waals surface area (Å²) >= 11 is 0. The normalized spacial score (nSPS) is 26.9. The fourth-order valence-corrected chi connectivity index (χ4v) is 2.67. The molecule has 0 aromatic rings. The molecule has 0 radical (unpaired) electrons. The summed E-state index contributed by atoms with van der Waals surface area (Å²) in [6, 6.07) is 0.311. The van der Waals surface area contributed by atoms with Crippen LogP contribution in [0.25, 0.3) is 0 Å². The number of likely N-dealkylation sites (N-methyl/N-ethyl adjacent to an activating group) is 1. The second-order valence-corrected chi connectivity index (χ2v) is 5.29. The van der Waals surface area contributed by atoms with Crippen LogP contribution < -0.4 is 5.32 Å². The summed E-state index contributed by atoms with van der Waals surface area (Å²) in [5, 5.41) is 3.45. The van der Waals surface area contributed by atoms with Crippen LogP contribution in [-0.4, -0.2) is 54.6 Å². The average Bonchev–Trinajstić information content (AvgIpc) is 2.55. The molecule has 1 N–H and O–H groups in total. The molecule has 0 aliphatic carbocycles. The van der Waals surface area contributed by atoms with E-state index in [9.17, 15) is 4.79 Å². The van der Waals surface area contributed by atoms with Gasteiger partial charge in [0.15, 0.2) is 0 Å². The van der Waals surface area contributed by atoms with Crippen LogP contribution in [0.4, 0.5) is 0 Å². The van der Waals surface area contributed by atoms with Crippen LogP contribution in [0.2, 0.25) is 0 Å². The molecule has 1 saturated heterocycles. The first-order chi connectivity index (χ1) is 8.01. The number of rotatable bonds is 6. The van der Waals surface area contributed by atoms with Crippen molar-refractivity contribution in [3.8, 4) is 0 Å². The van der Waals surface area contributed by atoms with E-state index in [1.165, 1.54) is 0 Å². The van der Waals surface area contributed by atoms with Gasteiger partial charge in [-0.05, 0) is 33.9 Å². The second kappa shape index (κ2) is 6.36. The Morgan fingerprint density at radius 2 is 2.06 bits per heavy atom. The maximum Gasteiger partial charge on any atom is 0.241 e. The van der Waals surface area contributed by atoms with Crippen molar-refractivity contribution in [1.29, 1.82) is 0 Å². The molecule has 17 heavy (non-hydrogen) atoms. The van der Waals surface area contributed by atoms with E-state index in [2.05, 4.69) is 45.1 Å². The van der Waals surface area contributed by atoms with Gasteiger partial charge in [0, 0.05) is 12.6 Å². The summed E-state index contributed by atoms with van der Waals surface area (Å²) in [5.41, 5.74) is 0. The fraction of sp³-hybridized carbons (Fsp3) is 0.923. The minimum Gasteiger partial charge on any atom is -0.322 e. The molecule has 1 fully saturated rings. The summed E-state index contributed by atoms with van der Waals surface area (Å²) in [6.07, 6.45) is 3.19. The number of hydrogen-bond donors (Lipinski definition) is 1. The highest BCUT2D eigenvalue weighted by atomic mass is 16.2. The molecule has 0 bridgehead atoms. The average molecular weight is 241 g/mol. The van der Waals surface area contributed by atoms with Crippen molar-refractivity contribution in [3.63, 3.8) is 0 Å². The van der Waals surface area contributed by atoms with Crippen LogP contribution in [0, 0.1) is 0 Å². The quantitative estimate of drug-likeness (QED) is 0.761. The van der Waals surface area contributed by atoms with Crippen molar-refractivity contribution in [2.75, 3.05) is 20.6 Å². The van der Waals surface area contributed by atoms with Gasteiger partial charge in [0.25, 0.3) is 0 Å².